The van der Waals surface area contributed by atoms with E-state index in [1.165, 1.54) is 4.88 Å². The van der Waals surface area contributed by atoms with Gasteiger partial charge in [-0.15, -0.1) is 0 Å². The van der Waals surface area contributed by atoms with Crippen molar-refractivity contribution >= 4 is 11.3 Å². The van der Waals surface area contributed by atoms with E-state index >= 15 is 0 Å². The van der Waals surface area contributed by atoms with Gasteiger partial charge in [-0.05, 0) is 32.5 Å². The number of rotatable bonds is 1. The lowest BCUT2D eigenvalue weighted by atomic mass is 9.97. The summed E-state index contributed by atoms with van der Waals surface area (Å²) >= 11 is 1.70. The summed E-state index contributed by atoms with van der Waals surface area (Å²) in [6.07, 6.45) is 2.11. The first-order valence-electron chi connectivity index (χ1n) is 6.09. The molecule has 0 bridgehead atoms. The Bertz CT molecular complexity index is 384. The van der Waals surface area contributed by atoms with Gasteiger partial charge in [0.1, 0.15) is 13.2 Å². The van der Waals surface area contributed by atoms with E-state index in [0.717, 1.165) is 30.2 Å². The van der Waals surface area contributed by atoms with Gasteiger partial charge in [-0.25, -0.2) is 0 Å². The molecule has 17 heavy (non-hydrogen) atoms. The molecular weight excluding hydrogens is 236 g/mol. The highest BCUT2D eigenvalue weighted by molar-refractivity contribution is 7.14. The second-order valence-corrected chi connectivity index (χ2v) is 5.82. The molecule has 2 aliphatic rings. The molecule has 0 amide bonds. The summed E-state index contributed by atoms with van der Waals surface area (Å²) < 4.78 is 11.2. The number of fused-ring (bicyclic) bond motifs is 1. The summed E-state index contributed by atoms with van der Waals surface area (Å²) in [6.45, 7) is 2.38. The second kappa shape index (κ2) is 4.48. The van der Waals surface area contributed by atoms with Crippen LogP contribution in [-0.4, -0.2) is 37.7 Å². The molecule has 1 aromatic rings. The number of hydrogen-bond donors (Lipinski definition) is 1. The monoisotopic (exact) mass is 254 g/mol. The highest BCUT2D eigenvalue weighted by Gasteiger charge is 2.28. The molecule has 0 aliphatic carbocycles. The maximum Gasteiger partial charge on any atom is 0.217 e. The zero-order valence-corrected chi connectivity index (χ0v) is 10.8. The summed E-state index contributed by atoms with van der Waals surface area (Å²) in [6, 6.07) is 2.86. The smallest absolute Gasteiger partial charge is 0.217 e. The molecule has 0 radical (unpaired) electrons. The second-order valence-electron chi connectivity index (χ2n) is 4.78. The van der Waals surface area contributed by atoms with Crippen LogP contribution in [0.5, 0.6) is 10.8 Å². The van der Waals surface area contributed by atoms with Gasteiger partial charge in [0.05, 0.1) is 0 Å². The van der Waals surface area contributed by atoms with Crippen LogP contribution in [0.4, 0.5) is 0 Å². The van der Waals surface area contributed by atoms with E-state index in [0.29, 0.717) is 25.3 Å². The van der Waals surface area contributed by atoms with Gasteiger partial charge < -0.3 is 15.2 Å². The molecule has 2 N–H and O–H groups in total. The van der Waals surface area contributed by atoms with Gasteiger partial charge in [-0.3, -0.25) is 4.90 Å². The summed E-state index contributed by atoms with van der Waals surface area (Å²) in [5.41, 5.74) is 6.06. The molecule has 0 aromatic carbocycles. The van der Waals surface area contributed by atoms with E-state index in [9.17, 15) is 0 Å². The molecule has 2 unspecified atom stereocenters. The lowest BCUT2D eigenvalue weighted by Crippen LogP contribution is -2.39. The van der Waals surface area contributed by atoms with Crippen LogP contribution in [0, 0.1) is 0 Å². The Morgan fingerprint density at radius 2 is 2.24 bits per heavy atom. The van der Waals surface area contributed by atoms with Gasteiger partial charge in [0.15, 0.2) is 5.75 Å². The van der Waals surface area contributed by atoms with Crippen LogP contribution in [0.2, 0.25) is 0 Å². The Balaban J connectivity index is 1.84. The van der Waals surface area contributed by atoms with Crippen molar-refractivity contribution in [1.82, 2.24) is 4.90 Å². The van der Waals surface area contributed by atoms with Gasteiger partial charge in [-0.1, -0.05) is 11.3 Å². The maximum atomic E-state index is 6.06. The number of thiophene rings is 1. The van der Waals surface area contributed by atoms with Crippen LogP contribution < -0.4 is 15.2 Å². The lowest BCUT2D eigenvalue weighted by Gasteiger charge is -2.34. The molecule has 1 fully saturated rings. The lowest BCUT2D eigenvalue weighted by molar-refractivity contribution is 0.172. The fourth-order valence-electron chi connectivity index (χ4n) is 2.47. The molecule has 1 saturated heterocycles. The summed E-state index contributed by atoms with van der Waals surface area (Å²) in [4.78, 5) is 3.69. The molecular formula is C12H18N2O2S. The van der Waals surface area contributed by atoms with Crippen molar-refractivity contribution in [3.05, 3.63) is 10.9 Å². The number of nitrogens with zero attached hydrogens (tertiary/aromatic N) is 1. The Morgan fingerprint density at radius 3 is 3.06 bits per heavy atom. The number of nitrogens with two attached hydrogens (primary N) is 1. The van der Waals surface area contributed by atoms with E-state index in [2.05, 4.69) is 18.0 Å². The van der Waals surface area contributed by atoms with Gasteiger partial charge in [0, 0.05) is 17.0 Å². The quantitative estimate of drug-likeness (QED) is 0.827. The number of piperidine rings is 1. The van der Waals surface area contributed by atoms with E-state index in [-0.39, 0.29) is 0 Å². The average molecular weight is 254 g/mol. The third kappa shape index (κ3) is 2.14. The third-order valence-corrected chi connectivity index (χ3v) is 4.63. The van der Waals surface area contributed by atoms with Gasteiger partial charge in [-0.2, -0.15) is 0 Å². The van der Waals surface area contributed by atoms with Crippen molar-refractivity contribution in [2.45, 2.75) is 24.9 Å². The zero-order valence-electron chi connectivity index (χ0n) is 10.0. The van der Waals surface area contributed by atoms with Crippen molar-refractivity contribution in [3.63, 3.8) is 0 Å². The number of hydrogen-bond acceptors (Lipinski definition) is 5. The van der Waals surface area contributed by atoms with E-state index < -0.39 is 0 Å². The van der Waals surface area contributed by atoms with Crippen molar-refractivity contribution in [3.8, 4) is 10.8 Å². The Morgan fingerprint density at radius 1 is 1.41 bits per heavy atom. The normalized spacial score (nSPS) is 29.3. The fraction of sp³-hybridized carbons (Fsp3) is 0.667. The van der Waals surface area contributed by atoms with Crippen molar-refractivity contribution < 1.29 is 9.47 Å². The van der Waals surface area contributed by atoms with Crippen LogP contribution in [0.25, 0.3) is 0 Å². The molecule has 3 heterocycles. The molecule has 0 saturated carbocycles. The van der Waals surface area contributed by atoms with Crippen LogP contribution in [0.3, 0.4) is 0 Å². The first kappa shape index (κ1) is 11.3. The molecule has 3 rings (SSSR count). The molecule has 2 atom stereocenters. The third-order valence-electron chi connectivity index (χ3n) is 3.50. The fourth-order valence-corrected chi connectivity index (χ4v) is 3.62. The van der Waals surface area contributed by atoms with E-state index in [4.69, 9.17) is 15.2 Å². The van der Waals surface area contributed by atoms with Crippen LogP contribution >= 0.6 is 11.3 Å². The number of likely N-dealkylation sites (tertiary alicyclic amines) is 1. The highest BCUT2D eigenvalue weighted by atomic mass is 32.1. The Hall–Kier alpha value is -0.780. The Kier molecular flexibility index (Phi) is 2.98. The highest BCUT2D eigenvalue weighted by Crippen LogP contribution is 2.44. The molecule has 5 heteroatoms. The average Bonchev–Trinajstić information content (AvgIpc) is 2.75. The minimum Gasteiger partial charge on any atom is -0.485 e. The minimum absolute atomic E-state index is 0.317. The molecule has 4 nitrogen and oxygen atoms in total. The summed E-state index contributed by atoms with van der Waals surface area (Å²) in [5.74, 6) is 0.906. The van der Waals surface area contributed by atoms with Gasteiger partial charge >= 0.3 is 0 Å². The van der Waals surface area contributed by atoms with Crippen LogP contribution in [0.15, 0.2) is 6.07 Å². The van der Waals surface area contributed by atoms with Gasteiger partial charge in [0.2, 0.25) is 5.06 Å². The molecule has 1 aromatic heterocycles. The zero-order chi connectivity index (χ0) is 11.8. The topological polar surface area (TPSA) is 47.7 Å². The SMILES string of the molecule is CN1CCC(N)CC1c1cc2c(s1)OCCO2. The van der Waals surface area contributed by atoms with E-state index in [1.54, 1.807) is 11.3 Å². The van der Waals surface area contributed by atoms with Crippen molar-refractivity contribution in [2.24, 2.45) is 5.73 Å². The van der Waals surface area contributed by atoms with Crippen LogP contribution in [0.1, 0.15) is 23.8 Å². The predicted molar refractivity (Wildman–Crippen MR) is 67.9 cm³/mol. The number of ether oxygens (including phenoxy) is 2. The van der Waals surface area contributed by atoms with Gasteiger partial charge in [0.25, 0.3) is 0 Å². The maximum absolute atomic E-state index is 6.06. The Labute approximate surface area is 105 Å². The predicted octanol–water partition coefficient (Wildman–Crippen LogP) is 1.61. The molecule has 94 valence electrons. The largest absolute Gasteiger partial charge is 0.485 e. The first-order valence-corrected chi connectivity index (χ1v) is 6.91. The van der Waals surface area contributed by atoms with E-state index in [1.807, 2.05) is 0 Å². The van der Waals surface area contributed by atoms with Crippen molar-refractivity contribution in [1.29, 1.82) is 0 Å². The van der Waals surface area contributed by atoms with Crippen LogP contribution in [-0.2, 0) is 0 Å². The van der Waals surface area contributed by atoms with Crippen molar-refractivity contribution in [2.75, 3.05) is 26.8 Å². The minimum atomic E-state index is 0.317. The summed E-state index contributed by atoms with van der Waals surface area (Å²) in [5, 5.41) is 0.929. The molecule has 0 spiro atoms. The summed E-state index contributed by atoms with van der Waals surface area (Å²) in [7, 11) is 2.16. The molecule has 2 aliphatic heterocycles. The standard InChI is InChI=1S/C12H18N2O2S/c1-14-3-2-8(13)6-9(14)11-7-10-12(17-11)16-5-4-15-10/h7-9H,2-6,13H2,1H3. The first-order chi connectivity index (χ1) is 8.24.